The number of rotatable bonds is 4. The van der Waals surface area contributed by atoms with Crippen molar-refractivity contribution in [2.45, 2.75) is 34.1 Å². The summed E-state index contributed by atoms with van der Waals surface area (Å²) >= 11 is 1.44. The van der Waals surface area contributed by atoms with E-state index in [0.29, 0.717) is 0 Å². The number of nitrogens with zero attached hydrogens (tertiary/aromatic N) is 1. The third-order valence-corrected chi connectivity index (χ3v) is 2.89. The van der Waals surface area contributed by atoms with Crippen LogP contribution in [0.25, 0.3) is 0 Å². The lowest BCUT2D eigenvalue weighted by atomic mass is 9.90. The number of nitrogens with one attached hydrogen (secondary N) is 1. The van der Waals surface area contributed by atoms with Crippen LogP contribution in [-0.4, -0.2) is 17.3 Å². The van der Waals surface area contributed by atoms with Gasteiger partial charge in [-0.05, 0) is 6.42 Å². The molecule has 0 aliphatic carbocycles. The summed E-state index contributed by atoms with van der Waals surface area (Å²) in [4.78, 5) is 16.8. The molecule has 0 saturated carbocycles. The predicted octanol–water partition coefficient (Wildman–Crippen LogP) is 3.19. The highest BCUT2D eigenvalue weighted by molar-refractivity contribution is 7.17. The van der Waals surface area contributed by atoms with Crippen LogP contribution in [0.2, 0.25) is 0 Å². The average molecular weight is 226 g/mol. The van der Waals surface area contributed by atoms with E-state index in [1.807, 2.05) is 20.8 Å². The second-order valence-electron chi connectivity index (χ2n) is 4.54. The Morgan fingerprint density at radius 2 is 2.20 bits per heavy atom. The van der Waals surface area contributed by atoms with Crippen LogP contribution in [0.15, 0.2) is 6.20 Å². The Balaban J connectivity index is 2.72. The third kappa shape index (κ3) is 3.30. The van der Waals surface area contributed by atoms with E-state index in [9.17, 15) is 4.79 Å². The highest BCUT2D eigenvalue weighted by Crippen LogP contribution is 2.26. The molecule has 0 spiro atoms. The van der Waals surface area contributed by atoms with Gasteiger partial charge in [-0.25, -0.2) is 4.98 Å². The number of carbonyl (C=O) groups is 1. The highest BCUT2D eigenvalue weighted by Gasteiger charge is 2.24. The molecule has 1 N–H and O–H groups in total. The first-order valence-corrected chi connectivity index (χ1v) is 6.01. The second kappa shape index (κ2) is 4.75. The number of ketones is 1. The second-order valence-corrected chi connectivity index (χ2v) is 5.57. The van der Waals surface area contributed by atoms with Crippen molar-refractivity contribution in [3.05, 3.63) is 11.1 Å². The van der Waals surface area contributed by atoms with Crippen molar-refractivity contribution in [3.8, 4) is 0 Å². The molecule has 0 fully saturated rings. The minimum atomic E-state index is -0.325. The van der Waals surface area contributed by atoms with E-state index in [1.165, 1.54) is 11.3 Å². The van der Waals surface area contributed by atoms with Gasteiger partial charge >= 0.3 is 0 Å². The van der Waals surface area contributed by atoms with Crippen LogP contribution < -0.4 is 5.32 Å². The molecule has 0 aliphatic rings. The molecule has 0 aliphatic heterocycles. The Kier molecular flexibility index (Phi) is 3.85. The maximum Gasteiger partial charge on any atom is 0.183 e. The summed E-state index contributed by atoms with van der Waals surface area (Å²) in [6.07, 6.45) is 2.72. The van der Waals surface area contributed by atoms with Crippen LogP contribution >= 0.6 is 11.3 Å². The van der Waals surface area contributed by atoms with Gasteiger partial charge < -0.3 is 5.32 Å². The van der Waals surface area contributed by atoms with E-state index in [0.717, 1.165) is 23.0 Å². The number of thiazole rings is 1. The molecule has 0 saturated heterocycles. The molecule has 84 valence electrons. The Morgan fingerprint density at radius 1 is 1.53 bits per heavy atom. The quantitative estimate of drug-likeness (QED) is 0.802. The fourth-order valence-electron chi connectivity index (χ4n) is 1.06. The first kappa shape index (κ1) is 12.2. The maximum atomic E-state index is 11.9. The van der Waals surface area contributed by atoms with Gasteiger partial charge in [0.15, 0.2) is 10.9 Å². The van der Waals surface area contributed by atoms with Gasteiger partial charge in [0.1, 0.15) is 0 Å². The smallest absolute Gasteiger partial charge is 0.183 e. The molecule has 0 bridgehead atoms. The Morgan fingerprint density at radius 3 is 2.73 bits per heavy atom. The number of Topliss-reactive ketones (excluding diaryl/α,β-unsaturated/α-hetero) is 1. The van der Waals surface area contributed by atoms with E-state index in [4.69, 9.17) is 0 Å². The van der Waals surface area contributed by atoms with Gasteiger partial charge in [-0.1, -0.05) is 39.0 Å². The predicted molar refractivity (Wildman–Crippen MR) is 64.7 cm³/mol. The lowest BCUT2D eigenvalue weighted by molar-refractivity contribution is 0.0862. The molecule has 1 aromatic rings. The van der Waals surface area contributed by atoms with Gasteiger partial charge in [0.05, 0.1) is 11.1 Å². The Bertz CT molecular complexity index is 339. The number of carbonyl (C=O) groups excluding carboxylic acids is 1. The molecule has 1 heterocycles. The van der Waals surface area contributed by atoms with E-state index >= 15 is 0 Å². The molecule has 3 nitrogen and oxygen atoms in total. The third-order valence-electron chi connectivity index (χ3n) is 1.94. The summed E-state index contributed by atoms with van der Waals surface area (Å²) in [5.41, 5.74) is -0.325. The minimum absolute atomic E-state index is 0.157. The monoisotopic (exact) mass is 226 g/mol. The van der Waals surface area contributed by atoms with E-state index in [-0.39, 0.29) is 11.2 Å². The fraction of sp³-hybridized carbons (Fsp3) is 0.636. The number of aromatic nitrogens is 1. The SMILES string of the molecule is CCCNc1ncc(C(=O)C(C)(C)C)s1. The maximum absolute atomic E-state index is 11.9. The molecular formula is C11H18N2OS. The van der Waals surface area contributed by atoms with Crippen LogP contribution in [0.4, 0.5) is 5.13 Å². The van der Waals surface area contributed by atoms with Crippen molar-refractivity contribution >= 4 is 22.3 Å². The lowest BCUT2D eigenvalue weighted by Gasteiger charge is -2.14. The van der Waals surface area contributed by atoms with Crippen molar-refractivity contribution in [3.63, 3.8) is 0 Å². The van der Waals surface area contributed by atoms with Crippen LogP contribution in [0.1, 0.15) is 43.8 Å². The highest BCUT2D eigenvalue weighted by atomic mass is 32.1. The molecule has 0 unspecified atom stereocenters. The fourth-order valence-corrected chi connectivity index (χ4v) is 2.05. The van der Waals surface area contributed by atoms with E-state index in [2.05, 4.69) is 17.2 Å². The number of hydrogen-bond donors (Lipinski definition) is 1. The van der Waals surface area contributed by atoms with Crippen molar-refractivity contribution < 1.29 is 4.79 Å². The first-order valence-electron chi connectivity index (χ1n) is 5.19. The lowest BCUT2D eigenvalue weighted by Crippen LogP contribution is -2.18. The summed E-state index contributed by atoms with van der Waals surface area (Å²) in [5.74, 6) is 0.157. The van der Waals surface area contributed by atoms with Crippen molar-refractivity contribution in [1.29, 1.82) is 0 Å². The van der Waals surface area contributed by atoms with Gasteiger partial charge in [-0.3, -0.25) is 4.79 Å². The zero-order chi connectivity index (χ0) is 11.5. The molecule has 0 aromatic carbocycles. The minimum Gasteiger partial charge on any atom is -0.362 e. The van der Waals surface area contributed by atoms with Gasteiger partial charge in [-0.2, -0.15) is 0 Å². The Hall–Kier alpha value is -0.900. The van der Waals surface area contributed by atoms with Crippen LogP contribution in [0, 0.1) is 5.41 Å². The zero-order valence-corrected chi connectivity index (χ0v) is 10.6. The van der Waals surface area contributed by atoms with Gasteiger partial charge in [0, 0.05) is 12.0 Å². The van der Waals surface area contributed by atoms with E-state index < -0.39 is 0 Å². The molecule has 0 atom stereocenters. The summed E-state index contributed by atoms with van der Waals surface area (Å²) in [7, 11) is 0. The average Bonchev–Trinajstić information content (AvgIpc) is 2.60. The summed E-state index contributed by atoms with van der Waals surface area (Å²) in [6.45, 7) is 8.77. The molecule has 0 radical (unpaired) electrons. The van der Waals surface area contributed by atoms with Gasteiger partial charge in [0.25, 0.3) is 0 Å². The molecule has 0 amide bonds. The molecule has 1 aromatic heterocycles. The summed E-state index contributed by atoms with van der Waals surface area (Å²) in [5, 5.41) is 4.01. The molecule has 1 rings (SSSR count). The largest absolute Gasteiger partial charge is 0.362 e. The topological polar surface area (TPSA) is 42.0 Å². The molecule has 15 heavy (non-hydrogen) atoms. The summed E-state index contributed by atoms with van der Waals surface area (Å²) in [6, 6.07) is 0. The zero-order valence-electron chi connectivity index (χ0n) is 9.76. The van der Waals surface area contributed by atoms with E-state index in [1.54, 1.807) is 6.20 Å². The van der Waals surface area contributed by atoms with Crippen molar-refractivity contribution in [2.24, 2.45) is 5.41 Å². The van der Waals surface area contributed by atoms with Crippen molar-refractivity contribution in [1.82, 2.24) is 4.98 Å². The van der Waals surface area contributed by atoms with Crippen LogP contribution in [-0.2, 0) is 0 Å². The summed E-state index contributed by atoms with van der Waals surface area (Å²) < 4.78 is 0. The normalized spacial score (nSPS) is 11.5. The van der Waals surface area contributed by atoms with Gasteiger partial charge in [0.2, 0.25) is 0 Å². The van der Waals surface area contributed by atoms with Gasteiger partial charge in [-0.15, -0.1) is 0 Å². The molecule has 4 heteroatoms. The van der Waals surface area contributed by atoms with Crippen LogP contribution in [0.3, 0.4) is 0 Å². The first-order chi connectivity index (χ1) is 6.95. The standard InChI is InChI=1S/C11H18N2OS/c1-5-6-12-10-13-7-8(15-10)9(14)11(2,3)4/h7H,5-6H2,1-4H3,(H,12,13). The number of anilines is 1. The molecular weight excluding hydrogens is 208 g/mol. The Labute approximate surface area is 94.9 Å². The van der Waals surface area contributed by atoms with Crippen molar-refractivity contribution in [2.75, 3.05) is 11.9 Å². The number of hydrogen-bond acceptors (Lipinski definition) is 4. The van der Waals surface area contributed by atoms with Crippen LogP contribution in [0.5, 0.6) is 0 Å².